The average Bonchev–Trinajstić information content (AvgIpc) is 2.08. The van der Waals surface area contributed by atoms with Crippen LogP contribution in [0, 0.1) is 10.5 Å². The van der Waals surface area contributed by atoms with Crippen LogP contribution in [0.3, 0.4) is 0 Å². The van der Waals surface area contributed by atoms with Gasteiger partial charge >= 0.3 is 0 Å². The zero-order chi connectivity index (χ0) is 9.14. The molecule has 0 amide bonds. The Hall–Kier alpha value is -0.0900. The van der Waals surface area contributed by atoms with Crippen LogP contribution < -0.4 is 0 Å². The first-order valence-electron chi connectivity index (χ1n) is 3.50. The lowest BCUT2D eigenvalue weighted by atomic mass is 10.1. The number of carbonyl (C=O) groups is 1. The van der Waals surface area contributed by atoms with E-state index in [0.29, 0.717) is 0 Å². The molecule has 0 spiro atoms. The fraction of sp³-hybridized carbons (Fsp3) is 0.222. The lowest BCUT2D eigenvalue weighted by molar-refractivity contribution is 0.102. The highest BCUT2D eigenvalue weighted by Crippen LogP contribution is 2.13. The van der Waals surface area contributed by atoms with E-state index in [1.165, 1.54) is 0 Å². The monoisotopic (exact) mass is 294 g/mol. The molecule has 0 saturated carbocycles. The molecule has 0 bridgehead atoms. The fourth-order valence-electron chi connectivity index (χ4n) is 0.967. The normalized spacial score (nSPS) is 9.92. The third kappa shape index (κ3) is 2.20. The minimum Gasteiger partial charge on any atom is -0.293 e. The van der Waals surface area contributed by atoms with E-state index in [1.54, 1.807) is 0 Å². The molecule has 0 unspecified atom stereocenters. The van der Waals surface area contributed by atoms with Crippen LogP contribution in [-0.4, -0.2) is 11.7 Å². The first-order valence-corrected chi connectivity index (χ1v) is 5.12. The molecule has 1 nitrogen and oxygen atoms in total. The molecule has 0 aromatic heterocycles. The van der Waals surface area contributed by atoms with Gasteiger partial charge in [-0.15, -0.1) is 11.6 Å². The molecular weight excluding hydrogens is 286 g/mol. The van der Waals surface area contributed by atoms with Crippen molar-refractivity contribution in [3.63, 3.8) is 0 Å². The van der Waals surface area contributed by atoms with Gasteiger partial charge in [-0.2, -0.15) is 0 Å². The van der Waals surface area contributed by atoms with E-state index in [4.69, 9.17) is 11.6 Å². The third-order valence-electron chi connectivity index (χ3n) is 1.62. The van der Waals surface area contributed by atoms with Crippen molar-refractivity contribution in [2.75, 3.05) is 5.88 Å². The maximum atomic E-state index is 11.3. The second-order valence-electron chi connectivity index (χ2n) is 2.52. The maximum Gasteiger partial charge on any atom is 0.177 e. The Morgan fingerprint density at radius 1 is 1.58 bits per heavy atom. The molecule has 0 fully saturated rings. The van der Waals surface area contributed by atoms with Crippen LogP contribution in [0.15, 0.2) is 18.2 Å². The van der Waals surface area contributed by atoms with Crippen molar-refractivity contribution in [3.05, 3.63) is 32.9 Å². The first kappa shape index (κ1) is 9.99. The van der Waals surface area contributed by atoms with Crippen LogP contribution in [0.4, 0.5) is 0 Å². The minimum atomic E-state index is -0.00678. The number of rotatable bonds is 2. The van der Waals surface area contributed by atoms with E-state index in [-0.39, 0.29) is 11.7 Å². The molecule has 0 saturated heterocycles. The quantitative estimate of drug-likeness (QED) is 0.465. The van der Waals surface area contributed by atoms with E-state index in [2.05, 4.69) is 22.6 Å². The third-order valence-corrected chi connectivity index (χ3v) is 2.54. The van der Waals surface area contributed by atoms with Crippen LogP contribution >= 0.6 is 34.2 Å². The Morgan fingerprint density at radius 3 is 2.83 bits per heavy atom. The van der Waals surface area contributed by atoms with Crippen molar-refractivity contribution in [3.8, 4) is 0 Å². The van der Waals surface area contributed by atoms with E-state index < -0.39 is 0 Å². The Kier molecular flexibility index (Phi) is 3.53. The van der Waals surface area contributed by atoms with Gasteiger partial charge in [-0.05, 0) is 47.2 Å². The maximum absolute atomic E-state index is 11.3. The molecule has 0 aliphatic rings. The molecule has 1 aromatic rings. The molecule has 0 heterocycles. The Morgan fingerprint density at radius 2 is 2.25 bits per heavy atom. The van der Waals surface area contributed by atoms with E-state index >= 15 is 0 Å². The number of hydrogen-bond donors (Lipinski definition) is 0. The van der Waals surface area contributed by atoms with Crippen molar-refractivity contribution in [1.82, 2.24) is 0 Å². The van der Waals surface area contributed by atoms with E-state index in [9.17, 15) is 4.79 Å². The Balaban J connectivity index is 3.13. The van der Waals surface area contributed by atoms with Crippen molar-refractivity contribution in [2.45, 2.75) is 6.92 Å². The smallest absolute Gasteiger partial charge is 0.177 e. The van der Waals surface area contributed by atoms with Gasteiger partial charge in [-0.25, -0.2) is 0 Å². The standard InChI is InChI=1S/C9H8ClIO/c1-6-2-3-7(11)4-8(6)9(12)5-10/h2-4H,5H2,1H3. The molecular formula is C9H8ClIO. The predicted molar refractivity (Wildman–Crippen MR) is 58.9 cm³/mol. The number of alkyl halides is 1. The van der Waals surface area contributed by atoms with Gasteiger partial charge in [0.15, 0.2) is 5.78 Å². The van der Waals surface area contributed by atoms with Gasteiger partial charge in [-0.1, -0.05) is 6.07 Å². The molecule has 1 aromatic carbocycles. The molecule has 3 heteroatoms. The van der Waals surface area contributed by atoms with Crippen LogP contribution in [0.2, 0.25) is 0 Å². The zero-order valence-corrected chi connectivity index (χ0v) is 9.52. The van der Waals surface area contributed by atoms with Gasteiger partial charge < -0.3 is 0 Å². The average molecular weight is 295 g/mol. The Labute approximate surface area is 90.3 Å². The van der Waals surface area contributed by atoms with Crippen LogP contribution in [0.1, 0.15) is 15.9 Å². The Bertz CT molecular complexity index is 309. The van der Waals surface area contributed by atoms with Gasteiger partial charge in [0.25, 0.3) is 0 Å². The molecule has 64 valence electrons. The number of halogens is 2. The number of carbonyl (C=O) groups excluding carboxylic acids is 1. The van der Waals surface area contributed by atoms with Crippen molar-refractivity contribution >= 4 is 40.0 Å². The van der Waals surface area contributed by atoms with Crippen molar-refractivity contribution in [2.24, 2.45) is 0 Å². The van der Waals surface area contributed by atoms with Gasteiger partial charge in [0.2, 0.25) is 0 Å². The van der Waals surface area contributed by atoms with Crippen LogP contribution in [0.5, 0.6) is 0 Å². The summed E-state index contributed by atoms with van der Waals surface area (Å²) in [6, 6.07) is 5.77. The largest absolute Gasteiger partial charge is 0.293 e. The van der Waals surface area contributed by atoms with Gasteiger partial charge in [0.1, 0.15) is 0 Å². The second-order valence-corrected chi connectivity index (χ2v) is 4.03. The van der Waals surface area contributed by atoms with E-state index in [0.717, 1.165) is 14.7 Å². The molecule has 0 aliphatic heterocycles. The summed E-state index contributed by atoms with van der Waals surface area (Å²) in [7, 11) is 0. The van der Waals surface area contributed by atoms with Gasteiger partial charge in [0, 0.05) is 9.13 Å². The number of hydrogen-bond acceptors (Lipinski definition) is 1. The SMILES string of the molecule is Cc1ccc(I)cc1C(=O)CCl. The van der Waals surface area contributed by atoms with Crippen LogP contribution in [-0.2, 0) is 0 Å². The summed E-state index contributed by atoms with van der Waals surface area (Å²) in [4.78, 5) is 11.3. The molecule has 1 rings (SSSR count). The van der Waals surface area contributed by atoms with Crippen LogP contribution in [0.25, 0.3) is 0 Å². The minimum absolute atomic E-state index is 0.00678. The highest BCUT2D eigenvalue weighted by atomic mass is 127. The zero-order valence-electron chi connectivity index (χ0n) is 6.60. The molecule has 0 atom stereocenters. The number of aryl methyl sites for hydroxylation is 1. The molecule has 0 N–H and O–H groups in total. The lowest BCUT2D eigenvalue weighted by Gasteiger charge is -2.02. The summed E-state index contributed by atoms with van der Waals surface area (Å²) in [6.45, 7) is 1.91. The highest BCUT2D eigenvalue weighted by Gasteiger charge is 2.07. The second kappa shape index (κ2) is 4.23. The summed E-state index contributed by atoms with van der Waals surface area (Å²) in [5.41, 5.74) is 1.72. The topological polar surface area (TPSA) is 17.1 Å². The predicted octanol–water partition coefficient (Wildman–Crippen LogP) is 3.02. The number of ketones is 1. The molecule has 0 aliphatic carbocycles. The fourth-order valence-corrected chi connectivity index (χ4v) is 1.60. The lowest BCUT2D eigenvalue weighted by Crippen LogP contribution is -2.03. The number of benzene rings is 1. The number of Topliss-reactive ketones (excluding diaryl/α,β-unsaturated/α-hetero) is 1. The summed E-state index contributed by atoms with van der Waals surface area (Å²) in [5.74, 6) is 0.0497. The molecule has 0 radical (unpaired) electrons. The first-order chi connectivity index (χ1) is 5.65. The van der Waals surface area contributed by atoms with Crippen molar-refractivity contribution < 1.29 is 4.79 Å². The van der Waals surface area contributed by atoms with Gasteiger partial charge in [0.05, 0.1) is 5.88 Å². The summed E-state index contributed by atoms with van der Waals surface area (Å²) in [6.07, 6.45) is 0. The van der Waals surface area contributed by atoms with Gasteiger partial charge in [-0.3, -0.25) is 4.79 Å². The summed E-state index contributed by atoms with van der Waals surface area (Å²) < 4.78 is 1.06. The summed E-state index contributed by atoms with van der Waals surface area (Å²) in [5, 5.41) is 0. The molecule has 12 heavy (non-hydrogen) atoms. The highest BCUT2D eigenvalue weighted by molar-refractivity contribution is 14.1. The van der Waals surface area contributed by atoms with Crippen molar-refractivity contribution in [1.29, 1.82) is 0 Å². The summed E-state index contributed by atoms with van der Waals surface area (Å²) >= 11 is 7.64. The van der Waals surface area contributed by atoms with E-state index in [1.807, 2.05) is 25.1 Å².